The van der Waals surface area contributed by atoms with Gasteiger partial charge in [-0.1, -0.05) is 59.8 Å². The molecule has 2 aromatic heterocycles. The number of hydrogen-bond acceptors (Lipinski definition) is 4. The third-order valence-corrected chi connectivity index (χ3v) is 5.64. The van der Waals surface area contributed by atoms with E-state index in [1.807, 2.05) is 54.6 Å². The summed E-state index contributed by atoms with van der Waals surface area (Å²) in [5.41, 5.74) is 3.07. The van der Waals surface area contributed by atoms with E-state index >= 15 is 0 Å². The zero-order chi connectivity index (χ0) is 18.6. The maximum Gasteiger partial charge on any atom is 0.196 e. The molecule has 0 aliphatic carbocycles. The normalized spacial score (nSPS) is 12.1. The SMILES string of the molecule is CC(Sc1nnc(-c2ccncc2)n1-c1ccccc1)c1ccccc1Cl. The van der Waals surface area contributed by atoms with Gasteiger partial charge in [0.2, 0.25) is 0 Å². The van der Waals surface area contributed by atoms with Crippen molar-refractivity contribution in [2.45, 2.75) is 17.3 Å². The summed E-state index contributed by atoms with van der Waals surface area (Å²) >= 11 is 8.02. The van der Waals surface area contributed by atoms with E-state index in [4.69, 9.17) is 11.6 Å². The second-order valence-corrected chi connectivity index (χ2v) is 7.71. The minimum atomic E-state index is 0.135. The van der Waals surface area contributed by atoms with Crippen molar-refractivity contribution in [1.82, 2.24) is 19.7 Å². The molecule has 0 radical (unpaired) electrons. The van der Waals surface area contributed by atoms with Crippen LogP contribution in [0.4, 0.5) is 0 Å². The van der Waals surface area contributed by atoms with Gasteiger partial charge in [0.1, 0.15) is 0 Å². The Bertz CT molecular complexity index is 1030. The van der Waals surface area contributed by atoms with Crippen LogP contribution < -0.4 is 0 Å². The van der Waals surface area contributed by atoms with Crippen molar-refractivity contribution in [2.75, 3.05) is 0 Å². The van der Waals surface area contributed by atoms with E-state index in [1.54, 1.807) is 24.2 Å². The maximum atomic E-state index is 6.38. The number of nitrogens with zero attached hydrogens (tertiary/aromatic N) is 4. The first kappa shape index (κ1) is 17.8. The number of benzene rings is 2. The van der Waals surface area contributed by atoms with Crippen molar-refractivity contribution in [3.8, 4) is 17.1 Å². The van der Waals surface area contributed by atoms with E-state index in [9.17, 15) is 0 Å². The highest BCUT2D eigenvalue weighted by molar-refractivity contribution is 7.99. The summed E-state index contributed by atoms with van der Waals surface area (Å²) in [7, 11) is 0. The van der Waals surface area contributed by atoms with Crippen molar-refractivity contribution < 1.29 is 0 Å². The Labute approximate surface area is 167 Å². The molecule has 0 spiro atoms. The summed E-state index contributed by atoms with van der Waals surface area (Å²) in [5.74, 6) is 0.789. The van der Waals surface area contributed by atoms with E-state index in [0.29, 0.717) is 0 Å². The van der Waals surface area contributed by atoms with Gasteiger partial charge in [-0.25, -0.2) is 0 Å². The van der Waals surface area contributed by atoms with Gasteiger partial charge in [-0.05, 0) is 42.8 Å². The summed E-state index contributed by atoms with van der Waals surface area (Å²) in [6.45, 7) is 2.13. The van der Waals surface area contributed by atoms with Crippen LogP contribution in [0.1, 0.15) is 17.7 Å². The monoisotopic (exact) mass is 392 g/mol. The van der Waals surface area contributed by atoms with Crippen LogP contribution >= 0.6 is 23.4 Å². The van der Waals surface area contributed by atoms with Crippen LogP contribution in [-0.4, -0.2) is 19.7 Å². The van der Waals surface area contributed by atoms with Gasteiger partial charge in [-0.3, -0.25) is 9.55 Å². The second kappa shape index (κ2) is 7.94. The van der Waals surface area contributed by atoms with Crippen LogP contribution in [0.15, 0.2) is 84.3 Å². The van der Waals surface area contributed by atoms with E-state index < -0.39 is 0 Å². The number of hydrogen-bond donors (Lipinski definition) is 0. The Balaban J connectivity index is 1.77. The highest BCUT2D eigenvalue weighted by atomic mass is 35.5. The van der Waals surface area contributed by atoms with Gasteiger partial charge in [0.25, 0.3) is 0 Å². The third kappa shape index (κ3) is 3.75. The van der Waals surface area contributed by atoms with Crippen LogP contribution in [0.2, 0.25) is 5.02 Å². The van der Waals surface area contributed by atoms with Crippen LogP contribution in [-0.2, 0) is 0 Å². The molecule has 4 rings (SSSR count). The van der Waals surface area contributed by atoms with Crippen LogP contribution in [0.5, 0.6) is 0 Å². The molecule has 134 valence electrons. The van der Waals surface area contributed by atoms with E-state index in [1.165, 1.54) is 0 Å². The Morgan fingerprint density at radius 2 is 1.59 bits per heavy atom. The third-order valence-electron chi connectivity index (χ3n) is 4.21. The van der Waals surface area contributed by atoms with Crippen LogP contribution in [0.25, 0.3) is 17.1 Å². The van der Waals surface area contributed by atoms with Crippen LogP contribution in [0, 0.1) is 0 Å². The molecular weight excluding hydrogens is 376 g/mol. The molecule has 1 unspecified atom stereocenters. The van der Waals surface area contributed by atoms with Gasteiger partial charge in [0, 0.05) is 33.9 Å². The zero-order valence-electron chi connectivity index (χ0n) is 14.7. The molecule has 6 heteroatoms. The smallest absolute Gasteiger partial charge is 0.196 e. The zero-order valence-corrected chi connectivity index (χ0v) is 16.2. The molecule has 0 aliphatic heterocycles. The molecule has 0 saturated heterocycles. The number of rotatable bonds is 5. The van der Waals surface area contributed by atoms with Gasteiger partial charge < -0.3 is 0 Å². The fraction of sp³-hybridized carbons (Fsp3) is 0.0952. The average Bonchev–Trinajstić information content (AvgIpc) is 3.13. The van der Waals surface area contributed by atoms with Gasteiger partial charge in [-0.15, -0.1) is 10.2 Å². The molecule has 0 saturated carbocycles. The Morgan fingerprint density at radius 1 is 0.889 bits per heavy atom. The van der Waals surface area contributed by atoms with Crippen molar-refractivity contribution in [3.63, 3.8) is 0 Å². The van der Waals surface area contributed by atoms with E-state index in [2.05, 4.69) is 38.8 Å². The summed E-state index contributed by atoms with van der Waals surface area (Å²) in [6.07, 6.45) is 3.52. The van der Waals surface area contributed by atoms with Gasteiger partial charge in [0.05, 0.1) is 0 Å². The first-order valence-corrected chi connectivity index (χ1v) is 9.82. The first-order valence-electron chi connectivity index (χ1n) is 8.56. The lowest BCUT2D eigenvalue weighted by atomic mass is 10.2. The molecule has 4 nitrogen and oxygen atoms in total. The van der Waals surface area contributed by atoms with E-state index in [0.717, 1.165) is 32.8 Å². The Hall–Kier alpha value is -2.63. The molecular formula is C21H17ClN4S. The second-order valence-electron chi connectivity index (χ2n) is 5.99. The van der Waals surface area contributed by atoms with E-state index in [-0.39, 0.29) is 5.25 Å². The number of thioether (sulfide) groups is 1. The molecule has 27 heavy (non-hydrogen) atoms. The number of pyridine rings is 1. The average molecular weight is 393 g/mol. The molecule has 0 fully saturated rings. The molecule has 1 atom stereocenters. The molecule has 0 aliphatic rings. The van der Waals surface area contributed by atoms with Gasteiger partial charge in [0.15, 0.2) is 11.0 Å². The number of para-hydroxylation sites is 1. The lowest BCUT2D eigenvalue weighted by Gasteiger charge is -2.15. The standard InChI is InChI=1S/C21H17ClN4S/c1-15(18-9-5-6-10-19(18)22)27-21-25-24-20(16-11-13-23-14-12-16)26(21)17-7-3-2-4-8-17/h2-15H,1H3. The first-order chi connectivity index (χ1) is 13.2. The van der Waals surface area contributed by atoms with Gasteiger partial charge >= 0.3 is 0 Å². The summed E-state index contributed by atoms with van der Waals surface area (Å²) in [5, 5.41) is 10.7. The minimum Gasteiger partial charge on any atom is -0.270 e. The number of halogens is 1. The lowest BCUT2D eigenvalue weighted by molar-refractivity contribution is 0.878. The molecule has 0 amide bonds. The Morgan fingerprint density at radius 3 is 2.33 bits per heavy atom. The largest absolute Gasteiger partial charge is 0.270 e. The summed E-state index contributed by atoms with van der Waals surface area (Å²) < 4.78 is 2.08. The molecule has 2 heterocycles. The molecule has 0 N–H and O–H groups in total. The highest BCUT2D eigenvalue weighted by Crippen LogP contribution is 2.39. The predicted octanol–water partition coefficient (Wildman–Crippen LogP) is 5.84. The maximum absolute atomic E-state index is 6.38. The topological polar surface area (TPSA) is 43.6 Å². The van der Waals surface area contributed by atoms with Crippen molar-refractivity contribution in [2.24, 2.45) is 0 Å². The number of aromatic nitrogens is 4. The molecule has 2 aromatic carbocycles. The molecule has 0 bridgehead atoms. The van der Waals surface area contributed by atoms with Gasteiger partial charge in [-0.2, -0.15) is 0 Å². The quantitative estimate of drug-likeness (QED) is 0.400. The Kier molecular flexibility index (Phi) is 5.23. The highest BCUT2D eigenvalue weighted by Gasteiger charge is 2.20. The van der Waals surface area contributed by atoms with Crippen molar-refractivity contribution in [1.29, 1.82) is 0 Å². The minimum absolute atomic E-state index is 0.135. The fourth-order valence-electron chi connectivity index (χ4n) is 2.87. The molecule has 4 aromatic rings. The summed E-state index contributed by atoms with van der Waals surface area (Å²) in [6, 6.07) is 21.9. The fourth-order valence-corrected chi connectivity index (χ4v) is 4.27. The van der Waals surface area contributed by atoms with Crippen LogP contribution in [0.3, 0.4) is 0 Å². The van der Waals surface area contributed by atoms with Crippen molar-refractivity contribution >= 4 is 23.4 Å². The van der Waals surface area contributed by atoms with Crippen molar-refractivity contribution in [3.05, 3.63) is 89.7 Å². The summed E-state index contributed by atoms with van der Waals surface area (Å²) in [4.78, 5) is 4.10. The lowest BCUT2D eigenvalue weighted by Crippen LogP contribution is -2.01. The predicted molar refractivity (Wildman–Crippen MR) is 110 cm³/mol.